The summed E-state index contributed by atoms with van der Waals surface area (Å²) in [4.78, 5) is 0. The van der Waals surface area contributed by atoms with Gasteiger partial charge < -0.3 is 69.3 Å². The Balaban J connectivity index is 0.929. The predicted octanol–water partition coefficient (Wildman–Crippen LogP) is 0.723. The second kappa shape index (κ2) is 14.2. The van der Waals surface area contributed by atoms with E-state index in [1.165, 1.54) is 6.92 Å². The van der Waals surface area contributed by atoms with Crippen LogP contribution in [0.3, 0.4) is 0 Å². The Morgan fingerprint density at radius 2 is 1.52 bits per heavy atom. The van der Waals surface area contributed by atoms with Crippen molar-refractivity contribution in [3.63, 3.8) is 0 Å². The molecule has 22 unspecified atom stereocenters. The topological polar surface area (TPSA) is 217 Å². The van der Waals surface area contributed by atoms with Crippen LogP contribution >= 0.6 is 0 Å². The molecule has 4 aliphatic heterocycles. The van der Waals surface area contributed by atoms with E-state index in [0.717, 1.165) is 44.1 Å². The molecule has 8 rings (SSSR count). The van der Waals surface area contributed by atoms with E-state index in [2.05, 4.69) is 33.8 Å². The average molecular weight is 769 g/mol. The summed E-state index contributed by atoms with van der Waals surface area (Å²) >= 11 is 0. The summed E-state index contributed by atoms with van der Waals surface area (Å²) in [6.07, 6.45) is -5.97. The summed E-state index contributed by atoms with van der Waals surface area (Å²) in [5, 5.41) is 85.1. The summed E-state index contributed by atoms with van der Waals surface area (Å²) in [6, 6.07) is 0. The Morgan fingerprint density at radius 1 is 0.796 bits per heavy atom. The summed E-state index contributed by atoms with van der Waals surface area (Å²) in [6.45, 7) is 10.6. The molecule has 7 fully saturated rings. The van der Waals surface area contributed by atoms with E-state index in [4.69, 9.17) is 28.4 Å². The van der Waals surface area contributed by atoms with Gasteiger partial charge in [-0.1, -0.05) is 39.3 Å². The van der Waals surface area contributed by atoms with Gasteiger partial charge >= 0.3 is 0 Å². The fraction of sp³-hybridized carbons (Fsp3) is 0.950. The molecule has 0 aromatic heterocycles. The maximum atomic E-state index is 12.0. The number of hydrogen-bond donors (Lipinski definition) is 8. The molecule has 308 valence electrons. The van der Waals surface area contributed by atoms with Crippen molar-refractivity contribution in [2.24, 2.45) is 45.8 Å². The zero-order valence-corrected chi connectivity index (χ0v) is 32.3. The molecule has 4 heterocycles. The van der Waals surface area contributed by atoms with Crippen LogP contribution in [0.5, 0.6) is 0 Å². The van der Waals surface area contributed by atoms with Gasteiger partial charge in [0.2, 0.25) is 0 Å². The van der Waals surface area contributed by atoms with E-state index in [1.54, 1.807) is 0 Å². The monoisotopic (exact) mass is 768 g/mol. The smallest absolute Gasteiger partial charge is 0.187 e. The summed E-state index contributed by atoms with van der Waals surface area (Å²) in [5.41, 5.74) is 0.791. The van der Waals surface area contributed by atoms with E-state index in [9.17, 15) is 40.9 Å². The predicted molar refractivity (Wildman–Crippen MR) is 189 cm³/mol. The number of rotatable bonds is 6. The van der Waals surface area contributed by atoms with Gasteiger partial charge in [0.25, 0.3) is 0 Å². The second-order valence-corrected chi connectivity index (χ2v) is 19.2. The summed E-state index contributed by atoms with van der Waals surface area (Å²) < 4.78 is 37.0. The summed E-state index contributed by atoms with van der Waals surface area (Å²) in [7, 11) is 0. The lowest BCUT2D eigenvalue weighted by Gasteiger charge is -2.59. The second-order valence-electron chi connectivity index (χ2n) is 19.2. The van der Waals surface area contributed by atoms with Gasteiger partial charge in [0.1, 0.15) is 42.7 Å². The van der Waals surface area contributed by atoms with Crippen molar-refractivity contribution < 1.29 is 69.3 Å². The Morgan fingerprint density at radius 3 is 2.20 bits per heavy atom. The van der Waals surface area contributed by atoms with Crippen molar-refractivity contribution >= 4 is 0 Å². The maximum absolute atomic E-state index is 12.0. The van der Waals surface area contributed by atoms with Gasteiger partial charge in [0.15, 0.2) is 18.4 Å². The quantitative estimate of drug-likeness (QED) is 0.175. The van der Waals surface area contributed by atoms with E-state index < -0.39 is 79.9 Å². The first-order chi connectivity index (χ1) is 25.5. The number of hydrogen-bond acceptors (Lipinski definition) is 14. The van der Waals surface area contributed by atoms with Crippen molar-refractivity contribution in [2.45, 2.75) is 171 Å². The van der Waals surface area contributed by atoms with Gasteiger partial charge in [0.05, 0.1) is 44.2 Å². The zero-order valence-electron chi connectivity index (χ0n) is 32.3. The number of ether oxygens (including phenoxy) is 6. The lowest BCUT2D eigenvalue weighted by atomic mass is 9.46. The summed E-state index contributed by atoms with van der Waals surface area (Å²) in [5.74, 6) is 0.661. The third-order valence-electron chi connectivity index (χ3n) is 16.1. The molecule has 8 N–H and O–H groups in total. The lowest BCUT2D eigenvalue weighted by Crippen LogP contribution is -2.64. The molecule has 14 nitrogen and oxygen atoms in total. The third kappa shape index (κ3) is 6.11. The Kier molecular flexibility index (Phi) is 10.5. The number of fused-ring (bicyclic) bond motifs is 7. The van der Waals surface area contributed by atoms with Crippen LogP contribution in [0.2, 0.25) is 0 Å². The molecule has 22 atom stereocenters. The van der Waals surface area contributed by atoms with Crippen LogP contribution in [0, 0.1) is 45.8 Å². The largest absolute Gasteiger partial charge is 0.396 e. The highest BCUT2D eigenvalue weighted by Crippen LogP contribution is 2.71. The molecule has 3 saturated carbocycles. The SMILES string of the molecule is CC1OC(OC2C(CO)OC(OC3CCC4(C)C(=CC(O)C5C4CCC4(C)C5CC5OC6(CCC(C)(CO)CO6)C(C)C54)C3)C(O)C2O)C(O)C(O)C1O. The third-order valence-corrected chi connectivity index (χ3v) is 16.1. The Hall–Kier alpha value is -0.820. The van der Waals surface area contributed by atoms with Crippen LogP contribution in [-0.4, -0.2) is 146 Å². The normalized spacial score (nSPS) is 58.6. The Bertz CT molecular complexity index is 1400. The molecule has 1 spiro atoms. The van der Waals surface area contributed by atoms with Crippen LogP contribution < -0.4 is 0 Å². The molecule has 0 aromatic rings. The first kappa shape index (κ1) is 40.0. The van der Waals surface area contributed by atoms with Gasteiger partial charge in [0, 0.05) is 17.8 Å². The van der Waals surface area contributed by atoms with E-state index in [0.29, 0.717) is 37.2 Å². The van der Waals surface area contributed by atoms with Crippen LogP contribution in [0.15, 0.2) is 11.6 Å². The molecule has 0 amide bonds. The molecule has 54 heavy (non-hydrogen) atoms. The minimum Gasteiger partial charge on any atom is -0.396 e. The minimum atomic E-state index is -1.64. The molecule has 8 aliphatic rings. The van der Waals surface area contributed by atoms with Crippen LogP contribution in [-0.2, 0) is 28.4 Å². The highest BCUT2D eigenvalue weighted by Gasteiger charge is 2.70. The molecule has 14 heteroatoms. The first-order valence-corrected chi connectivity index (χ1v) is 20.4. The van der Waals surface area contributed by atoms with Crippen molar-refractivity contribution in [2.75, 3.05) is 19.8 Å². The number of aliphatic hydroxyl groups excluding tert-OH is 8. The van der Waals surface area contributed by atoms with Crippen molar-refractivity contribution in [3.05, 3.63) is 11.6 Å². The minimum absolute atomic E-state index is 0.0133. The molecule has 4 saturated heterocycles. The molecule has 0 bridgehead atoms. The van der Waals surface area contributed by atoms with E-state index in [-0.39, 0.29) is 46.9 Å². The number of aliphatic hydroxyl groups is 8. The lowest BCUT2D eigenvalue weighted by molar-refractivity contribution is -0.360. The highest BCUT2D eigenvalue weighted by atomic mass is 16.7. The van der Waals surface area contributed by atoms with Gasteiger partial charge in [-0.2, -0.15) is 0 Å². The van der Waals surface area contributed by atoms with Crippen LogP contribution in [0.4, 0.5) is 0 Å². The first-order valence-electron chi connectivity index (χ1n) is 20.4. The molecule has 4 aliphatic carbocycles. The van der Waals surface area contributed by atoms with Gasteiger partial charge in [-0.25, -0.2) is 0 Å². The highest BCUT2D eigenvalue weighted by molar-refractivity contribution is 5.29. The van der Waals surface area contributed by atoms with Crippen molar-refractivity contribution in [1.82, 2.24) is 0 Å². The van der Waals surface area contributed by atoms with Gasteiger partial charge in [-0.3, -0.25) is 0 Å². The van der Waals surface area contributed by atoms with Crippen LogP contribution in [0.25, 0.3) is 0 Å². The average Bonchev–Trinajstić information content (AvgIpc) is 3.60. The fourth-order valence-corrected chi connectivity index (χ4v) is 12.7. The maximum Gasteiger partial charge on any atom is 0.187 e. The van der Waals surface area contributed by atoms with Gasteiger partial charge in [-0.15, -0.1) is 0 Å². The molecular weight excluding hydrogens is 704 g/mol. The molecule has 0 aromatic carbocycles. The standard InChI is InChI=1S/C40H64O14/c1-18-28-25(54-40(18)11-10-37(3,16-42)17-49-40)14-23-27-22(7-9-39(23,28)5)38(4)8-6-21(12-20(38)13-24(27)43)51-36-33(48)31(46)34(26(15-41)52-36)53-35-32(47)30(45)29(44)19(2)50-35/h13,18-19,21-36,41-48H,6-12,14-17H2,1-5H3. The Labute approximate surface area is 317 Å². The van der Waals surface area contributed by atoms with E-state index >= 15 is 0 Å². The molecular formula is C40H64O14. The van der Waals surface area contributed by atoms with E-state index in [1.807, 2.05) is 0 Å². The molecule has 0 radical (unpaired) electrons. The fourth-order valence-electron chi connectivity index (χ4n) is 12.7. The van der Waals surface area contributed by atoms with Crippen molar-refractivity contribution in [3.8, 4) is 0 Å². The van der Waals surface area contributed by atoms with Gasteiger partial charge in [-0.05, 0) is 86.4 Å². The van der Waals surface area contributed by atoms with Crippen molar-refractivity contribution in [1.29, 1.82) is 0 Å². The zero-order chi connectivity index (χ0) is 38.7. The van der Waals surface area contributed by atoms with Crippen LogP contribution in [0.1, 0.15) is 86.0 Å².